The van der Waals surface area contributed by atoms with Crippen LogP contribution < -0.4 is 5.32 Å². The lowest BCUT2D eigenvalue weighted by molar-refractivity contribution is -0.138. The van der Waals surface area contributed by atoms with E-state index in [0.29, 0.717) is 12.1 Å². The molecule has 0 fully saturated rings. The third-order valence-corrected chi connectivity index (χ3v) is 3.61. The van der Waals surface area contributed by atoms with Gasteiger partial charge in [-0.25, -0.2) is 13.2 Å². The van der Waals surface area contributed by atoms with Crippen LogP contribution in [0.3, 0.4) is 0 Å². The Balaban J connectivity index is 2.70. The van der Waals surface area contributed by atoms with Crippen LogP contribution >= 0.6 is 11.6 Å². The molecule has 2 aromatic rings. The van der Waals surface area contributed by atoms with E-state index in [1.54, 1.807) is 13.8 Å². The summed E-state index contributed by atoms with van der Waals surface area (Å²) < 4.78 is 80.5. The third kappa shape index (κ3) is 5.09. The molecule has 0 aliphatic rings. The zero-order valence-electron chi connectivity index (χ0n) is 14.7. The smallest absolute Gasteiger partial charge is 0.358 e. The Morgan fingerprint density at radius 1 is 1.00 bits per heavy atom. The number of nitrogens with zero attached hydrogens (tertiary/aromatic N) is 4. The van der Waals surface area contributed by atoms with Gasteiger partial charge in [0.05, 0.1) is 17.2 Å². The van der Waals surface area contributed by atoms with Gasteiger partial charge in [-0.1, -0.05) is 11.6 Å². The molecule has 1 atom stereocenters. The molecule has 0 radical (unpaired) electrons. The summed E-state index contributed by atoms with van der Waals surface area (Å²) in [7, 11) is 0. The van der Waals surface area contributed by atoms with Gasteiger partial charge in [-0.05, 0) is 20.8 Å². The molecule has 0 bridgehead atoms. The molecule has 12 heteroatoms. The second kappa shape index (κ2) is 8.29. The van der Waals surface area contributed by atoms with Crippen molar-refractivity contribution in [3.8, 4) is 11.1 Å². The van der Waals surface area contributed by atoms with Gasteiger partial charge in [0, 0.05) is 12.1 Å². The van der Waals surface area contributed by atoms with Gasteiger partial charge in [-0.3, -0.25) is 0 Å². The number of alkyl halides is 3. The normalized spacial score (nSPS) is 13.4. The topological polar surface area (TPSA) is 62.5 Å². The highest BCUT2D eigenvalue weighted by atomic mass is 35.5. The molecule has 28 heavy (non-hydrogen) atoms. The summed E-state index contributed by atoms with van der Waals surface area (Å²) >= 11 is 5.96. The number of halogens is 7. The first-order valence-corrected chi connectivity index (χ1v) is 8.24. The van der Waals surface area contributed by atoms with Crippen LogP contribution in [-0.2, 0) is 0 Å². The van der Waals surface area contributed by atoms with E-state index in [1.807, 2.05) is 5.32 Å². The van der Waals surface area contributed by atoms with Gasteiger partial charge in [-0.2, -0.15) is 28.3 Å². The summed E-state index contributed by atoms with van der Waals surface area (Å²) in [6, 6.07) is -1.71. The zero-order chi connectivity index (χ0) is 21.2. The molecule has 1 N–H and O–H groups in total. The minimum Gasteiger partial charge on any atom is -0.358 e. The molecule has 0 saturated carbocycles. The van der Waals surface area contributed by atoms with Crippen molar-refractivity contribution < 1.29 is 26.3 Å². The van der Waals surface area contributed by atoms with Gasteiger partial charge in [0.15, 0.2) is 0 Å². The SMILES string of the molecule is CC(C)N=Nc1nc(Cl)c(-c2c(F)cc(F)cc2F)c(NC(C)C(F)(F)F)n1. The van der Waals surface area contributed by atoms with E-state index in [2.05, 4.69) is 20.2 Å². The minimum absolute atomic E-state index is 0.278. The molecular weight excluding hydrogens is 412 g/mol. The lowest BCUT2D eigenvalue weighted by Crippen LogP contribution is -2.33. The van der Waals surface area contributed by atoms with Crippen LogP contribution in [0.5, 0.6) is 0 Å². The molecule has 0 spiro atoms. The predicted molar refractivity (Wildman–Crippen MR) is 91.1 cm³/mol. The molecular formula is C16H14ClF6N5. The van der Waals surface area contributed by atoms with E-state index in [1.165, 1.54) is 0 Å². The van der Waals surface area contributed by atoms with Crippen LogP contribution in [0.2, 0.25) is 5.15 Å². The number of hydrogen-bond donors (Lipinski definition) is 1. The summed E-state index contributed by atoms with van der Waals surface area (Å²) in [5, 5.41) is 8.80. The first kappa shape index (κ1) is 21.9. The van der Waals surface area contributed by atoms with E-state index in [0.717, 1.165) is 6.92 Å². The maximum atomic E-state index is 14.2. The van der Waals surface area contributed by atoms with Crippen molar-refractivity contribution in [2.45, 2.75) is 39.0 Å². The quantitative estimate of drug-likeness (QED) is 0.359. The van der Waals surface area contributed by atoms with Gasteiger partial charge in [-0.15, -0.1) is 5.11 Å². The zero-order valence-corrected chi connectivity index (χ0v) is 15.5. The number of rotatable bonds is 5. The Bertz CT molecular complexity index is 877. The highest BCUT2D eigenvalue weighted by Gasteiger charge is 2.37. The van der Waals surface area contributed by atoms with E-state index in [4.69, 9.17) is 11.6 Å². The highest BCUT2D eigenvalue weighted by molar-refractivity contribution is 6.32. The summed E-state index contributed by atoms with van der Waals surface area (Å²) in [4.78, 5) is 7.45. The van der Waals surface area contributed by atoms with Crippen molar-refractivity contribution in [2.75, 3.05) is 5.32 Å². The van der Waals surface area contributed by atoms with Crippen molar-refractivity contribution in [1.29, 1.82) is 0 Å². The molecule has 152 valence electrons. The largest absolute Gasteiger partial charge is 0.408 e. The Morgan fingerprint density at radius 3 is 2.07 bits per heavy atom. The molecule has 0 aliphatic carbocycles. The molecule has 2 rings (SSSR count). The highest BCUT2D eigenvalue weighted by Crippen LogP contribution is 2.39. The lowest BCUT2D eigenvalue weighted by atomic mass is 10.1. The standard InChI is InChI=1S/C16H14ClF6N5/c1-6(2)27-28-15-25-13(17)12(11-9(19)4-8(18)5-10(11)20)14(26-15)24-7(3)16(21,22)23/h4-7H,1-3H3,(H,24,25,26). The second-order valence-corrected chi connectivity index (χ2v) is 6.36. The Hall–Kier alpha value is -2.43. The Morgan fingerprint density at radius 2 is 1.57 bits per heavy atom. The minimum atomic E-state index is -4.70. The van der Waals surface area contributed by atoms with Crippen LogP contribution in [0.25, 0.3) is 11.1 Å². The van der Waals surface area contributed by atoms with Crippen LogP contribution in [0.1, 0.15) is 20.8 Å². The third-order valence-electron chi connectivity index (χ3n) is 3.33. The Kier molecular flexibility index (Phi) is 6.48. The number of azo groups is 1. The van der Waals surface area contributed by atoms with Gasteiger partial charge < -0.3 is 5.32 Å². The summed E-state index contributed by atoms with van der Waals surface area (Å²) in [5.41, 5.74) is -1.48. The number of anilines is 1. The second-order valence-electron chi connectivity index (χ2n) is 6.00. The van der Waals surface area contributed by atoms with Gasteiger partial charge in [0.25, 0.3) is 5.95 Å². The maximum absolute atomic E-state index is 14.2. The van der Waals surface area contributed by atoms with Crippen molar-refractivity contribution in [1.82, 2.24) is 9.97 Å². The van der Waals surface area contributed by atoms with Crippen LogP contribution in [0, 0.1) is 17.5 Å². The first-order chi connectivity index (χ1) is 12.9. The fourth-order valence-corrected chi connectivity index (χ4v) is 2.29. The monoisotopic (exact) mass is 425 g/mol. The van der Waals surface area contributed by atoms with Crippen molar-refractivity contribution in [3.63, 3.8) is 0 Å². The van der Waals surface area contributed by atoms with Crippen LogP contribution in [0.15, 0.2) is 22.4 Å². The molecule has 1 aromatic heterocycles. The number of hydrogen-bond acceptors (Lipinski definition) is 5. The number of benzene rings is 1. The molecule has 1 aromatic carbocycles. The number of nitrogens with one attached hydrogen (secondary N) is 1. The first-order valence-electron chi connectivity index (χ1n) is 7.86. The molecule has 1 unspecified atom stereocenters. The van der Waals surface area contributed by atoms with Crippen molar-refractivity contribution >= 4 is 23.4 Å². The van der Waals surface area contributed by atoms with Crippen molar-refractivity contribution in [2.24, 2.45) is 10.2 Å². The van der Waals surface area contributed by atoms with E-state index >= 15 is 0 Å². The van der Waals surface area contributed by atoms with Crippen LogP contribution in [0.4, 0.5) is 38.1 Å². The maximum Gasteiger partial charge on any atom is 0.408 e. The predicted octanol–water partition coefficient (Wildman–Crippen LogP) is 6.07. The molecule has 5 nitrogen and oxygen atoms in total. The molecule has 1 heterocycles. The number of aromatic nitrogens is 2. The van der Waals surface area contributed by atoms with E-state index in [-0.39, 0.29) is 6.04 Å². The fourth-order valence-electron chi connectivity index (χ4n) is 2.03. The average molecular weight is 426 g/mol. The fraction of sp³-hybridized carbons (Fsp3) is 0.375. The molecule has 0 aliphatic heterocycles. The Labute approximate surface area is 160 Å². The summed E-state index contributed by atoms with van der Waals surface area (Å²) in [5.74, 6) is -5.03. The summed E-state index contributed by atoms with van der Waals surface area (Å²) in [6.07, 6.45) is -4.70. The summed E-state index contributed by atoms with van der Waals surface area (Å²) in [6.45, 7) is 4.12. The lowest BCUT2D eigenvalue weighted by Gasteiger charge is -2.20. The van der Waals surface area contributed by atoms with E-state index in [9.17, 15) is 26.3 Å². The van der Waals surface area contributed by atoms with Gasteiger partial charge in [0.1, 0.15) is 34.5 Å². The van der Waals surface area contributed by atoms with Crippen molar-refractivity contribution in [3.05, 3.63) is 34.7 Å². The van der Waals surface area contributed by atoms with Gasteiger partial charge >= 0.3 is 6.18 Å². The molecule has 0 saturated heterocycles. The van der Waals surface area contributed by atoms with Gasteiger partial charge in [0.2, 0.25) is 0 Å². The van der Waals surface area contributed by atoms with E-state index < -0.39 is 57.7 Å². The molecule has 0 amide bonds. The average Bonchev–Trinajstić information content (AvgIpc) is 2.53. The van der Waals surface area contributed by atoms with Crippen LogP contribution in [-0.4, -0.2) is 28.2 Å².